The Balaban J connectivity index is 2.38. The minimum absolute atomic E-state index is 0.0685. The van der Waals surface area contributed by atoms with Gasteiger partial charge in [0.25, 0.3) is 11.8 Å². The van der Waals surface area contributed by atoms with Crippen LogP contribution in [0.2, 0.25) is 10.0 Å². The van der Waals surface area contributed by atoms with E-state index >= 15 is 0 Å². The molecular weight excluding hydrogens is 325 g/mol. The third-order valence-electron chi connectivity index (χ3n) is 2.87. The maximum atomic E-state index is 11.9. The van der Waals surface area contributed by atoms with Crippen LogP contribution in [0.25, 0.3) is 0 Å². The molecule has 1 rings (SSSR count). The SMILES string of the molecule is CC(C)NC(=O)C[NH+](C)CC(=O)NCc1ccc(Cl)cc1Cl. The van der Waals surface area contributed by atoms with Crippen LogP contribution in [0.3, 0.4) is 0 Å². The van der Waals surface area contributed by atoms with Crippen molar-refractivity contribution in [2.24, 2.45) is 0 Å². The van der Waals surface area contributed by atoms with E-state index in [0.717, 1.165) is 10.5 Å². The van der Waals surface area contributed by atoms with Gasteiger partial charge in [-0.2, -0.15) is 0 Å². The summed E-state index contributed by atoms with van der Waals surface area (Å²) in [6.07, 6.45) is 0. The number of benzene rings is 1. The summed E-state index contributed by atoms with van der Waals surface area (Å²) in [4.78, 5) is 24.3. The van der Waals surface area contributed by atoms with E-state index in [9.17, 15) is 9.59 Å². The lowest BCUT2D eigenvalue weighted by Gasteiger charge is -2.15. The number of quaternary nitrogens is 1. The Hall–Kier alpha value is -1.30. The van der Waals surface area contributed by atoms with Crippen molar-refractivity contribution in [1.29, 1.82) is 0 Å². The van der Waals surface area contributed by atoms with Crippen molar-refractivity contribution < 1.29 is 14.5 Å². The summed E-state index contributed by atoms with van der Waals surface area (Å²) in [6.45, 7) is 4.61. The summed E-state index contributed by atoms with van der Waals surface area (Å²) in [5, 5.41) is 6.66. The maximum Gasteiger partial charge on any atom is 0.275 e. The molecule has 0 aliphatic heterocycles. The van der Waals surface area contributed by atoms with Gasteiger partial charge >= 0.3 is 0 Å². The first kappa shape index (κ1) is 18.7. The molecule has 0 aromatic heterocycles. The smallest absolute Gasteiger partial charge is 0.275 e. The largest absolute Gasteiger partial charge is 0.349 e. The summed E-state index contributed by atoms with van der Waals surface area (Å²) < 4.78 is 0. The number of halogens is 2. The van der Waals surface area contributed by atoms with Gasteiger partial charge in [-0.15, -0.1) is 0 Å². The van der Waals surface area contributed by atoms with Gasteiger partial charge in [0.05, 0.1) is 7.05 Å². The van der Waals surface area contributed by atoms with Crippen molar-refractivity contribution in [3.8, 4) is 0 Å². The average molecular weight is 347 g/mol. The van der Waals surface area contributed by atoms with Crippen LogP contribution in [-0.2, 0) is 16.1 Å². The normalized spacial score (nSPS) is 12.1. The van der Waals surface area contributed by atoms with Crippen molar-refractivity contribution in [1.82, 2.24) is 10.6 Å². The van der Waals surface area contributed by atoms with Gasteiger partial charge < -0.3 is 15.5 Å². The standard InChI is InChI=1S/C15H21Cl2N3O2/c1-10(2)19-15(22)9-20(3)8-14(21)18-7-11-4-5-12(16)6-13(11)17/h4-6,10H,7-9H2,1-3H3,(H,18,21)(H,19,22)/p+1. The zero-order valence-electron chi connectivity index (χ0n) is 13.0. The molecule has 1 aromatic rings. The van der Waals surface area contributed by atoms with Crippen LogP contribution in [0, 0.1) is 0 Å². The van der Waals surface area contributed by atoms with E-state index in [4.69, 9.17) is 23.2 Å². The lowest BCUT2D eigenvalue weighted by Crippen LogP contribution is -3.11. The number of rotatable bonds is 7. The molecule has 0 spiro atoms. The Kier molecular flexibility index (Phi) is 7.65. The van der Waals surface area contributed by atoms with Crippen molar-refractivity contribution in [3.63, 3.8) is 0 Å². The molecule has 122 valence electrons. The highest BCUT2D eigenvalue weighted by Gasteiger charge is 2.14. The molecule has 0 fully saturated rings. The fraction of sp³-hybridized carbons (Fsp3) is 0.467. The highest BCUT2D eigenvalue weighted by molar-refractivity contribution is 6.35. The first-order valence-electron chi connectivity index (χ1n) is 7.09. The van der Waals surface area contributed by atoms with E-state index in [-0.39, 0.29) is 30.9 Å². The minimum Gasteiger partial charge on any atom is -0.349 e. The Morgan fingerprint density at radius 1 is 1.18 bits per heavy atom. The second-order valence-corrected chi connectivity index (χ2v) is 6.39. The van der Waals surface area contributed by atoms with Gasteiger partial charge in [-0.3, -0.25) is 9.59 Å². The van der Waals surface area contributed by atoms with Crippen molar-refractivity contribution in [2.45, 2.75) is 26.4 Å². The zero-order chi connectivity index (χ0) is 16.7. The number of hydrogen-bond acceptors (Lipinski definition) is 2. The molecule has 5 nitrogen and oxygen atoms in total. The lowest BCUT2D eigenvalue weighted by atomic mass is 10.2. The molecular formula is C15H22Cl2N3O2+. The molecule has 1 aromatic carbocycles. The molecule has 0 saturated carbocycles. The highest BCUT2D eigenvalue weighted by atomic mass is 35.5. The van der Waals surface area contributed by atoms with E-state index < -0.39 is 0 Å². The summed E-state index contributed by atoms with van der Waals surface area (Å²) in [6, 6.07) is 5.24. The molecule has 7 heteroatoms. The minimum atomic E-state index is -0.138. The number of carbonyl (C=O) groups is 2. The molecule has 22 heavy (non-hydrogen) atoms. The van der Waals surface area contributed by atoms with Gasteiger partial charge in [-0.05, 0) is 31.5 Å². The molecule has 3 N–H and O–H groups in total. The summed E-state index contributed by atoms with van der Waals surface area (Å²) >= 11 is 11.9. The van der Waals surface area contributed by atoms with Crippen molar-refractivity contribution in [3.05, 3.63) is 33.8 Å². The summed E-state index contributed by atoms with van der Waals surface area (Å²) in [7, 11) is 1.80. The van der Waals surface area contributed by atoms with Crippen molar-refractivity contribution in [2.75, 3.05) is 20.1 Å². The molecule has 1 unspecified atom stereocenters. The zero-order valence-corrected chi connectivity index (χ0v) is 14.5. The molecule has 0 aliphatic rings. The van der Waals surface area contributed by atoms with E-state index in [1.165, 1.54) is 0 Å². The average Bonchev–Trinajstić information content (AvgIpc) is 2.36. The van der Waals surface area contributed by atoms with Crippen LogP contribution in [0.1, 0.15) is 19.4 Å². The van der Waals surface area contributed by atoms with Crippen LogP contribution >= 0.6 is 23.2 Å². The first-order valence-corrected chi connectivity index (χ1v) is 7.84. The third-order valence-corrected chi connectivity index (χ3v) is 3.45. The summed E-state index contributed by atoms with van der Waals surface area (Å²) in [5.41, 5.74) is 0.801. The van der Waals surface area contributed by atoms with Gasteiger partial charge in [0.2, 0.25) is 0 Å². The lowest BCUT2D eigenvalue weighted by molar-refractivity contribution is -0.862. The molecule has 0 aliphatic carbocycles. The number of carbonyl (C=O) groups excluding carboxylic acids is 2. The van der Waals surface area contributed by atoms with Crippen LogP contribution in [0.15, 0.2) is 18.2 Å². The van der Waals surface area contributed by atoms with Gasteiger partial charge in [0.15, 0.2) is 13.1 Å². The van der Waals surface area contributed by atoms with Gasteiger partial charge in [0, 0.05) is 22.6 Å². The molecule has 0 saturated heterocycles. The van der Waals surface area contributed by atoms with Crippen LogP contribution in [0.4, 0.5) is 0 Å². The van der Waals surface area contributed by atoms with Gasteiger partial charge in [-0.25, -0.2) is 0 Å². The third kappa shape index (κ3) is 7.11. The quantitative estimate of drug-likeness (QED) is 0.678. The fourth-order valence-corrected chi connectivity index (χ4v) is 2.38. The predicted octanol–water partition coefficient (Wildman–Crippen LogP) is 0.649. The predicted molar refractivity (Wildman–Crippen MR) is 88.2 cm³/mol. The molecule has 2 amide bonds. The maximum absolute atomic E-state index is 11.9. The van der Waals surface area contributed by atoms with Crippen LogP contribution < -0.4 is 15.5 Å². The topological polar surface area (TPSA) is 62.6 Å². The first-order chi connectivity index (χ1) is 10.3. The van der Waals surface area contributed by atoms with Crippen LogP contribution in [0.5, 0.6) is 0 Å². The van der Waals surface area contributed by atoms with Crippen LogP contribution in [-0.4, -0.2) is 38.0 Å². The number of hydrogen-bond donors (Lipinski definition) is 3. The Bertz CT molecular complexity index is 536. The number of nitrogens with one attached hydrogen (secondary N) is 3. The van der Waals surface area contributed by atoms with Gasteiger partial charge in [0.1, 0.15) is 0 Å². The van der Waals surface area contributed by atoms with E-state index in [1.54, 1.807) is 25.2 Å². The van der Waals surface area contributed by atoms with Crippen molar-refractivity contribution >= 4 is 35.0 Å². The van der Waals surface area contributed by atoms with Gasteiger partial charge in [-0.1, -0.05) is 29.3 Å². The Morgan fingerprint density at radius 2 is 1.82 bits per heavy atom. The second kappa shape index (κ2) is 8.98. The molecule has 1 atom stereocenters. The molecule has 0 heterocycles. The molecule has 0 radical (unpaired) electrons. The van der Waals surface area contributed by atoms with E-state index in [2.05, 4.69) is 10.6 Å². The Morgan fingerprint density at radius 3 is 2.41 bits per heavy atom. The fourth-order valence-electron chi connectivity index (χ4n) is 1.91. The second-order valence-electron chi connectivity index (χ2n) is 5.55. The van der Waals surface area contributed by atoms with E-state index in [1.807, 2.05) is 13.8 Å². The monoisotopic (exact) mass is 346 g/mol. The molecule has 0 bridgehead atoms. The van der Waals surface area contributed by atoms with E-state index in [0.29, 0.717) is 16.6 Å². The Labute approximate surface area is 141 Å². The highest BCUT2D eigenvalue weighted by Crippen LogP contribution is 2.20. The number of likely N-dealkylation sites (N-methyl/N-ethyl adjacent to an activating group) is 1. The number of amides is 2. The summed E-state index contributed by atoms with van der Waals surface area (Å²) in [5.74, 6) is -0.207.